The van der Waals surface area contributed by atoms with Crippen molar-refractivity contribution >= 4 is 28.8 Å². The average molecular weight is 363 g/mol. The molecule has 0 fully saturated rings. The Bertz CT molecular complexity index is 859. The van der Waals surface area contributed by atoms with Crippen LogP contribution in [0.3, 0.4) is 0 Å². The first-order chi connectivity index (χ1) is 11.1. The Morgan fingerprint density at radius 1 is 1.17 bits per heavy atom. The second-order valence-electron chi connectivity index (χ2n) is 5.10. The maximum Gasteiger partial charge on any atom is 0.173 e. The van der Waals surface area contributed by atoms with Crippen molar-refractivity contribution in [3.63, 3.8) is 0 Å². The van der Waals surface area contributed by atoms with E-state index in [0.29, 0.717) is 28.8 Å². The molecule has 0 aliphatic heterocycles. The highest BCUT2D eigenvalue weighted by molar-refractivity contribution is 6.32. The predicted molar refractivity (Wildman–Crippen MR) is 89.0 cm³/mol. The van der Waals surface area contributed by atoms with E-state index in [0.717, 1.165) is 5.56 Å². The van der Waals surface area contributed by atoms with Crippen LogP contribution in [0.1, 0.15) is 5.56 Å². The number of nitrogen functional groups attached to an aromatic ring is 1. The second kappa shape index (κ2) is 7.90. The molecule has 0 bridgehead atoms. The number of pyridine rings is 1. The number of aromatic nitrogens is 3. The van der Waals surface area contributed by atoms with Gasteiger partial charge in [-0.3, -0.25) is 0 Å². The van der Waals surface area contributed by atoms with Crippen molar-refractivity contribution in [2.45, 2.75) is 6.54 Å². The molecule has 24 heavy (non-hydrogen) atoms. The van der Waals surface area contributed by atoms with Gasteiger partial charge in [-0.1, -0.05) is 23.7 Å². The maximum atomic E-state index is 6.10. The van der Waals surface area contributed by atoms with Crippen molar-refractivity contribution in [3.05, 3.63) is 65.6 Å². The largest absolute Gasteiger partial charge is 1.00 e. The Kier molecular flexibility index (Phi) is 5.89. The Morgan fingerprint density at radius 3 is 2.67 bits per heavy atom. The highest BCUT2D eigenvalue weighted by Crippen LogP contribution is 2.28. The van der Waals surface area contributed by atoms with Crippen LogP contribution >= 0.6 is 11.6 Å². The van der Waals surface area contributed by atoms with Gasteiger partial charge in [0.2, 0.25) is 0 Å². The third-order valence-electron chi connectivity index (χ3n) is 3.31. The van der Waals surface area contributed by atoms with E-state index in [1.54, 1.807) is 23.0 Å². The van der Waals surface area contributed by atoms with Gasteiger partial charge in [0.15, 0.2) is 12.4 Å². The standard InChI is InChI=1S/C16H16ClN6.ClH/c1-22-8-4-5-12(10-22)11-23-16(18)15(9-19-23)21-20-14-7-3-2-6-13(14)17;/h2-10H,11,18H2,1H3;1H/q+1;/p-1/b21-20+;. The molecule has 8 heteroatoms. The molecule has 2 N–H and O–H groups in total. The molecular weight excluding hydrogens is 347 g/mol. The van der Waals surface area contributed by atoms with E-state index in [1.807, 2.05) is 48.3 Å². The molecule has 0 saturated carbocycles. The minimum Gasteiger partial charge on any atom is -1.00 e. The Labute approximate surface area is 151 Å². The van der Waals surface area contributed by atoms with E-state index in [-0.39, 0.29) is 12.4 Å². The molecule has 124 valence electrons. The third kappa shape index (κ3) is 4.10. The van der Waals surface area contributed by atoms with E-state index in [4.69, 9.17) is 17.3 Å². The monoisotopic (exact) mass is 362 g/mol. The highest BCUT2D eigenvalue weighted by Gasteiger charge is 2.09. The summed E-state index contributed by atoms with van der Waals surface area (Å²) in [5.41, 5.74) is 8.31. The number of nitrogens with zero attached hydrogens (tertiary/aromatic N) is 5. The fourth-order valence-corrected chi connectivity index (χ4v) is 2.32. The average Bonchev–Trinajstić information content (AvgIpc) is 2.87. The molecule has 3 aromatic rings. The van der Waals surface area contributed by atoms with Gasteiger partial charge in [0.05, 0.1) is 17.8 Å². The molecule has 0 amide bonds. The van der Waals surface area contributed by atoms with Crippen LogP contribution in [0.2, 0.25) is 5.02 Å². The fraction of sp³-hybridized carbons (Fsp3) is 0.125. The molecule has 2 heterocycles. The van der Waals surface area contributed by atoms with E-state index < -0.39 is 0 Å². The third-order valence-corrected chi connectivity index (χ3v) is 3.63. The predicted octanol–water partition coefficient (Wildman–Crippen LogP) is 0.411. The summed E-state index contributed by atoms with van der Waals surface area (Å²) >= 11 is 6.05. The molecule has 6 nitrogen and oxygen atoms in total. The molecule has 1 aromatic carbocycles. The zero-order valence-corrected chi connectivity index (χ0v) is 14.5. The Balaban J connectivity index is 0.00000208. The van der Waals surface area contributed by atoms with Crippen molar-refractivity contribution in [3.8, 4) is 0 Å². The zero-order chi connectivity index (χ0) is 16.2. The van der Waals surface area contributed by atoms with Gasteiger partial charge in [0.1, 0.15) is 24.2 Å². The van der Waals surface area contributed by atoms with Gasteiger partial charge < -0.3 is 18.1 Å². The number of rotatable bonds is 4. The fourth-order valence-electron chi connectivity index (χ4n) is 2.15. The van der Waals surface area contributed by atoms with E-state index >= 15 is 0 Å². The van der Waals surface area contributed by atoms with Crippen molar-refractivity contribution in [2.75, 3.05) is 5.73 Å². The molecule has 0 aliphatic rings. The van der Waals surface area contributed by atoms with Crippen molar-refractivity contribution in [1.29, 1.82) is 0 Å². The second-order valence-corrected chi connectivity index (χ2v) is 5.51. The molecule has 0 saturated heterocycles. The van der Waals surface area contributed by atoms with Gasteiger partial charge in [-0.05, 0) is 18.2 Å². The highest BCUT2D eigenvalue weighted by atomic mass is 35.5. The first kappa shape index (κ1) is 17.9. The molecule has 0 atom stereocenters. The van der Waals surface area contributed by atoms with E-state index in [2.05, 4.69) is 15.3 Å². The number of nitrogens with two attached hydrogens (primary N) is 1. The van der Waals surface area contributed by atoms with E-state index in [9.17, 15) is 0 Å². The van der Waals surface area contributed by atoms with Gasteiger partial charge in [-0.15, -0.1) is 10.2 Å². The van der Waals surface area contributed by atoms with Crippen LogP contribution in [-0.2, 0) is 13.6 Å². The van der Waals surface area contributed by atoms with Crippen molar-refractivity contribution in [1.82, 2.24) is 9.78 Å². The summed E-state index contributed by atoms with van der Waals surface area (Å²) in [4.78, 5) is 0. The molecule has 0 unspecified atom stereocenters. The van der Waals surface area contributed by atoms with Gasteiger partial charge in [0.25, 0.3) is 0 Å². The number of hydrogen-bond donors (Lipinski definition) is 1. The van der Waals surface area contributed by atoms with Gasteiger partial charge >= 0.3 is 0 Å². The lowest BCUT2D eigenvalue weighted by Gasteiger charge is -2.03. The lowest BCUT2D eigenvalue weighted by Crippen LogP contribution is -3.00. The van der Waals surface area contributed by atoms with Crippen LogP contribution in [0, 0.1) is 0 Å². The Hall–Kier alpha value is -2.44. The summed E-state index contributed by atoms with van der Waals surface area (Å²) in [5, 5.41) is 13.1. The smallest absolute Gasteiger partial charge is 0.173 e. The first-order valence-corrected chi connectivity index (χ1v) is 7.43. The molecule has 2 aromatic heterocycles. The maximum absolute atomic E-state index is 6.10. The number of aryl methyl sites for hydroxylation is 1. The molecule has 0 spiro atoms. The van der Waals surface area contributed by atoms with Crippen LogP contribution in [-0.4, -0.2) is 9.78 Å². The summed E-state index contributed by atoms with van der Waals surface area (Å²) < 4.78 is 3.67. The van der Waals surface area contributed by atoms with E-state index in [1.165, 1.54) is 0 Å². The Morgan fingerprint density at radius 2 is 1.92 bits per heavy atom. The summed E-state index contributed by atoms with van der Waals surface area (Å²) in [6.07, 6.45) is 5.59. The van der Waals surface area contributed by atoms with Gasteiger partial charge in [0, 0.05) is 11.6 Å². The topological polar surface area (TPSA) is 72.4 Å². The quantitative estimate of drug-likeness (QED) is 0.539. The minimum atomic E-state index is 0. The van der Waals surface area contributed by atoms with Crippen LogP contribution in [0.15, 0.2) is 65.2 Å². The van der Waals surface area contributed by atoms with Crippen LogP contribution in [0.5, 0.6) is 0 Å². The molecule has 0 aliphatic carbocycles. The molecular formula is C16H16Cl2N6. The van der Waals surface area contributed by atoms with Crippen molar-refractivity contribution < 1.29 is 17.0 Å². The summed E-state index contributed by atoms with van der Waals surface area (Å²) in [5.74, 6) is 0.465. The van der Waals surface area contributed by atoms with Gasteiger partial charge in [-0.2, -0.15) is 5.10 Å². The summed E-state index contributed by atoms with van der Waals surface area (Å²) in [6.45, 7) is 0.572. The van der Waals surface area contributed by atoms with Crippen LogP contribution in [0.25, 0.3) is 0 Å². The first-order valence-electron chi connectivity index (χ1n) is 7.05. The number of hydrogen-bond acceptors (Lipinski definition) is 4. The van der Waals surface area contributed by atoms with Crippen LogP contribution < -0.4 is 22.7 Å². The molecule has 0 radical (unpaired) electrons. The van der Waals surface area contributed by atoms with Gasteiger partial charge in [-0.25, -0.2) is 9.25 Å². The zero-order valence-electron chi connectivity index (χ0n) is 13.0. The molecule has 3 rings (SSSR count). The lowest BCUT2D eigenvalue weighted by atomic mass is 10.3. The lowest BCUT2D eigenvalue weighted by molar-refractivity contribution is -0.671. The van der Waals surface area contributed by atoms with Crippen LogP contribution in [0.4, 0.5) is 17.2 Å². The normalized spacial score (nSPS) is 10.8. The summed E-state index contributed by atoms with van der Waals surface area (Å²) in [7, 11) is 1.97. The SMILES string of the molecule is C[n+]1cccc(Cn2ncc(/N=N/c3ccccc3Cl)c2N)c1.[Cl-]. The number of halogens is 2. The minimum absolute atomic E-state index is 0. The number of anilines is 1. The number of benzene rings is 1. The number of azo groups is 1. The van der Waals surface area contributed by atoms with Crippen molar-refractivity contribution in [2.24, 2.45) is 17.3 Å². The summed E-state index contributed by atoms with van der Waals surface area (Å²) in [6, 6.07) is 11.2.